The van der Waals surface area contributed by atoms with Gasteiger partial charge in [-0.05, 0) is 31.7 Å². The third-order valence-corrected chi connectivity index (χ3v) is 5.50. The van der Waals surface area contributed by atoms with Gasteiger partial charge in [-0.3, -0.25) is 4.79 Å². The fourth-order valence-corrected chi connectivity index (χ4v) is 3.87. The number of rotatable bonds is 4. The van der Waals surface area contributed by atoms with Crippen LogP contribution in [-0.4, -0.2) is 44.0 Å². The van der Waals surface area contributed by atoms with E-state index in [1.165, 1.54) is 10.6 Å². The molecule has 1 aromatic rings. The highest BCUT2D eigenvalue weighted by molar-refractivity contribution is 7.88. The fourth-order valence-electron chi connectivity index (χ4n) is 2.99. The second kappa shape index (κ2) is 6.04. The second-order valence-electron chi connectivity index (χ2n) is 6.39. The Hall–Kier alpha value is -1.34. The van der Waals surface area contributed by atoms with E-state index in [2.05, 4.69) is 5.32 Å². The van der Waals surface area contributed by atoms with Gasteiger partial charge >= 0.3 is 0 Å². The lowest BCUT2D eigenvalue weighted by atomic mass is 9.91. The second-order valence-corrected chi connectivity index (χ2v) is 8.38. The Morgan fingerprint density at radius 1 is 1.36 bits per heavy atom. The molecular formula is C15H24N2O4S. The maximum absolute atomic E-state index is 12.4. The van der Waals surface area contributed by atoms with Crippen molar-refractivity contribution in [2.24, 2.45) is 11.8 Å². The Labute approximate surface area is 131 Å². The van der Waals surface area contributed by atoms with E-state index in [-0.39, 0.29) is 23.8 Å². The molecule has 1 fully saturated rings. The average molecular weight is 328 g/mol. The van der Waals surface area contributed by atoms with E-state index in [4.69, 9.17) is 4.42 Å². The topological polar surface area (TPSA) is 79.6 Å². The number of hydrogen-bond donors (Lipinski definition) is 1. The van der Waals surface area contributed by atoms with Crippen molar-refractivity contribution in [3.63, 3.8) is 0 Å². The minimum absolute atomic E-state index is 0.104. The van der Waals surface area contributed by atoms with Crippen LogP contribution in [0.25, 0.3) is 0 Å². The van der Waals surface area contributed by atoms with Gasteiger partial charge in [0, 0.05) is 19.1 Å². The van der Waals surface area contributed by atoms with Crippen LogP contribution in [0, 0.1) is 25.7 Å². The van der Waals surface area contributed by atoms with Crippen LogP contribution in [0.3, 0.4) is 0 Å². The van der Waals surface area contributed by atoms with Crippen molar-refractivity contribution in [1.29, 1.82) is 0 Å². The molecule has 1 amide bonds. The summed E-state index contributed by atoms with van der Waals surface area (Å²) >= 11 is 0. The zero-order valence-corrected chi connectivity index (χ0v) is 14.5. The maximum atomic E-state index is 12.4. The van der Waals surface area contributed by atoms with Gasteiger partial charge in [0.1, 0.15) is 11.5 Å². The molecule has 6 nitrogen and oxygen atoms in total. The van der Waals surface area contributed by atoms with Gasteiger partial charge in [-0.25, -0.2) is 8.42 Å². The van der Waals surface area contributed by atoms with Crippen molar-refractivity contribution in [2.75, 3.05) is 19.3 Å². The summed E-state index contributed by atoms with van der Waals surface area (Å²) in [6.07, 6.45) is 1.21. The zero-order chi connectivity index (χ0) is 16.7. The molecule has 7 heteroatoms. The fraction of sp³-hybridized carbons (Fsp3) is 0.667. The smallest absolute Gasteiger partial charge is 0.255 e. The molecule has 1 saturated heterocycles. The van der Waals surface area contributed by atoms with Crippen LogP contribution in [0.5, 0.6) is 0 Å². The molecule has 22 heavy (non-hydrogen) atoms. The lowest BCUT2D eigenvalue weighted by Crippen LogP contribution is -2.42. The Bertz CT molecular complexity index is 663. The monoisotopic (exact) mass is 328 g/mol. The summed E-state index contributed by atoms with van der Waals surface area (Å²) in [7, 11) is -3.24. The Balaban J connectivity index is 2.16. The van der Waals surface area contributed by atoms with Crippen LogP contribution in [0.1, 0.15) is 35.7 Å². The molecule has 2 rings (SSSR count). The average Bonchev–Trinajstić information content (AvgIpc) is 2.92. The molecule has 0 saturated carbocycles. The van der Waals surface area contributed by atoms with E-state index >= 15 is 0 Å². The summed E-state index contributed by atoms with van der Waals surface area (Å²) in [4.78, 5) is 12.4. The van der Waals surface area contributed by atoms with Crippen molar-refractivity contribution in [3.05, 3.63) is 23.2 Å². The molecular weight excluding hydrogens is 304 g/mol. The van der Waals surface area contributed by atoms with E-state index in [1.807, 2.05) is 13.8 Å². The van der Waals surface area contributed by atoms with Gasteiger partial charge in [0.25, 0.3) is 5.91 Å². The predicted molar refractivity (Wildman–Crippen MR) is 84.2 cm³/mol. The third kappa shape index (κ3) is 3.52. The highest BCUT2D eigenvalue weighted by Crippen LogP contribution is 2.26. The number of hydrogen-bond acceptors (Lipinski definition) is 4. The molecule has 1 aromatic heterocycles. The number of furan rings is 1. The number of carbonyl (C=O) groups excluding carboxylic acids is 1. The summed E-state index contributed by atoms with van der Waals surface area (Å²) in [5, 5.41) is 2.98. The highest BCUT2D eigenvalue weighted by Gasteiger charge is 2.39. The van der Waals surface area contributed by atoms with Gasteiger partial charge in [-0.1, -0.05) is 13.8 Å². The van der Waals surface area contributed by atoms with Gasteiger partial charge in [0.05, 0.1) is 11.8 Å². The van der Waals surface area contributed by atoms with E-state index < -0.39 is 10.0 Å². The van der Waals surface area contributed by atoms with E-state index in [1.54, 1.807) is 19.9 Å². The first-order valence-corrected chi connectivity index (χ1v) is 9.27. The van der Waals surface area contributed by atoms with Crippen molar-refractivity contribution in [2.45, 2.75) is 33.7 Å². The van der Waals surface area contributed by atoms with Gasteiger partial charge in [0.15, 0.2) is 0 Å². The SMILES string of the molecule is Cc1cc(C(=O)NC2CN(S(C)(=O)=O)CC2C(C)C)c(C)o1. The van der Waals surface area contributed by atoms with E-state index in [0.29, 0.717) is 30.2 Å². The van der Waals surface area contributed by atoms with Crippen molar-refractivity contribution in [3.8, 4) is 0 Å². The molecule has 124 valence electrons. The molecule has 0 aromatic carbocycles. The number of nitrogens with one attached hydrogen (secondary N) is 1. The van der Waals surface area contributed by atoms with E-state index in [0.717, 1.165) is 0 Å². The lowest BCUT2D eigenvalue weighted by molar-refractivity contribution is 0.0924. The Morgan fingerprint density at radius 2 is 2.00 bits per heavy atom. The van der Waals surface area contributed by atoms with Crippen LogP contribution < -0.4 is 5.32 Å². The van der Waals surface area contributed by atoms with Crippen molar-refractivity contribution < 1.29 is 17.6 Å². The zero-order valence-electron chi connectivity index (χ0n) is 13.7. The van der Waals surface area contributed by atoms with Crippen LogP contribution in [0.15, 0.2) is 10.5 Å². The minimum atomic E-state index is -3.24. The number of carbonyl (C=O) groups is 1. The van der Waals surface area contributed by atoms with Gasteiger partial charge < -0.3 is 9.73 Å². The summed E-state index contributed by atoms with van der Waals surface area (Å²) < 4.78 is 30.3. The molecule has 2 atom stereocenters. The van der Waals surface area contributed by atoms with Crippen molar-refractivity contribution >= 4 is 15.9 Å². The molecule has 1 aliphatic rings. The van der Waals surface area contributed by atoms with Crippen LogP contribution in [0.4, 0.5) is 0 Å². The van der Waals surface area contributed by atoms with Gasteiger partial charge in [-0.2, -0.15) is 4.31 Å². The normalized spacial score (nSPS) is 23.2. The molecule has 2 heterocycles. The first kappa shape index (κ1) is 17.0. The molecule has 0 radical (unpaired) electrons. The highest BCUT2D eigenvalue weighted by atomic mass is 32.2. The first-order chi connectivity index (χ1) is 10.1. The quantitative estimate of drug-likeness (QED) is 0.909. The molecule has 0 spiro atoms. The molecule has 0 bridgehead atoms. The standard InChI is InChI=1S/C15H24N2O4S/c1-9(2)13-7-17(22(5,19)20)8-14(13)16-15(18)12-6-10(3)21-11(12)4/h6,9,13-14H,7-8H2,1-5H3,(H,16,18). The number of sulfonamides is 1. The summed E-state index contributed by atoms with van der Waals surface area (Å²) in [6.45, 7) is 8.40. The summed E-state index contributed by atoms with van der Waals surface area (Å²) in [5.41, 5.74) is 0.512. The summed E-state index contributed by atoms with van der Waals surface area (Å²) in [6, 6.07) is 1.52. The van der Waals surface area contributed by atoms with Crippen LogP contribution in [-0.2, 0) is 10.0 Å². The Morgan fingerprint density at radius 3 is 2.45 bits per heavy atom. The third-order valence-electron chi connectivity index (χ3n) is 4.26. The van der Waals surface area contributed by atoms with E-state index in [9.17, 15) is 13.2 Å². The molecule has 1 N–H and O–H groups in total. The van der Waals surface area contributed by atoms with Crippen LogP contribution in [0.2, 0.25) is 0 Å². The molecule has 0 aliphatic carbocycles. The Kier molecular flexibility index (Phi) is 4.67. The number of nitrogens with zero attached hydrogens (tertiary/aromatic N) is 1. The van der Waals surface area contributed by atoms with Crippen molar-refractivity contribution in [1.82, 2.24) is 9.62 Å². The first-order valence-electron chi connectivity index (χ1n) is 7.42. The predicted octanol–water partition coefficient (Wildman–Crippen LogP) is 1.54. The van der Waals surface area contributed by atoms with Gasteiger partial charge in [0.2, 0.25) is 10.0 Å². The van der Waals surface area contributed by atoms with Gasteiger partial charge in [-0.15, -0.1) is 0 Å². The van der Waals surface area contributed by atoms with Crippen LogP contribution >= 0.6 is 0 Å². The molecule has 1 aliphatic heterocycles. The largest absolute Gasteiger partial charge is 0.466 e. The lowest BCUT2D eigenvalue weighted by Gasteiger charge is -2.22. The minimum Gasteiger partial charge on any atom is -0.466 e. The number of aryl methyl sites for hydroxylation is 2. The number of amides is 1. The maximum Gasteiger partial charge on any atom is 0.255 e. The molecule has 2 unspecified atom stereocenters. The summed E-state index contributed by atoms with van der Waals surface area (Å²) in [5.74, 6) is 1.44.